The van der Waals surface area contributed by atoms with Gasteiger partial charge in [0.2, 0.25) is 0 Å². The number of amides is 1. The van der Waals surface area contributed by atoms with E-state index in [1.54, 1.807) is 11.3 Å². The van der Waals surface area contributed by atoms with Crippen molar-refractivity contribution >= 4 is 66.2 Å². The highest BCUT2D eigenvalue weighted by molar-refractivity contribution is 7.21. The Morgan fingerprint density at radius 2 is 1.81 bits per heavy atom. The van der Waals surface area contributed by atoms with E-state index in [9.17, 15) is 9.59 Å². The second kappa shape index (κ2) is 8.75. The van der Waals surface area contributed by atoms with E-state index in [-0.39, 0.29) is 17.1 Å². The Bertz CT molecular complexity index is 1680. The molecule has 6 rings (SSSR count). The zero-order valence-electron chi connectivity index (χ0n) is 20.8. The quantitative estimate of drug-likeness (QED) is 0.260. The van der Waals surface area contributed by atoms with Gasteiger partial charge in [-0.2, -0.15) is 0 Å². The third-order valence-corrected chi connectivity index (χ3v) is 9.05. The van der Waals surface area contributed by atoms with Crippen LogP contribution in [0, 0.1) is 5.41 Å². The molecule has 1 aliphatic rings. The minimum absolute atomic E-state index is 0.113. The number of Topliss-reactive ketones (excluding diaryl/α,β-unsaturated/α-hetero) is 1. The van der Waals surface area contributed by atoms with Crippen molar-refractivity contribution in [3.63, 3.8) is 0 Å². The number of fused-ring (bicyclic) bond motifs is 3. The summed E-state index contributed by atoms with van der Waals surface area (Å²) in [5.41, 5.74) is 11.9. The second-order valence-corrected chi connectivity index (χ2v) is 12.3. The first-order valence-corrected chi connectivity index (χ1v) is 13.9. The lowest BCUT2D eigenvalue weighted by Gasteiger charge is -2.30. The molecule has 0 bridgehead atoms. The molecule has 6 nitrogen and oxygen atoms in total. The molecule has 0 atom stereocenters. The number of para-hydroxylation sites is 1. The fourth-order valence-corrected chi connectivity index (χ4v) is 7.19. The lowest BCUT2D eigenvalue weighted by Crippen LogP contribution is -2.29. The van der Waals surface area contributed by atoms with Gasteiger partial charge >= 0.3 is 0 Å². The van der Waals surface area contributed by atoms with Crippen molar-refractivity contribution in [3.8, 4) is 10.6 Å². The van der Waals surface area contributed by atoms with Crippen LogP contribution in [0.2, 0.25) is 0 Å². The highest BCUT2D eigenvalue weighted by atomic mass is 32.1. The van der Waals surface area contributed by atoms with Crippen LogP contribution in [0.25, 0.3) is 31.0 Å². The van der Waals surface area contributed by atoms with E-state index in [0.29, 0.717) is 34.7 Å². The van der Waals surface area contributed by atoms with E-state index in [0.717, 1.165) is 48.7 Å². The number of benzene rings is 2. The van der Waals surface area contributed by atoms with Gasteiger partial charge in [0.15, 0.2) is 5.78 Å². The minimum Gasteiger partial charge on any atom is -0.397 e. The Morgan fingerprint density at radius 3 is 2.54 bits per heavy atom. The summed E-state index contributed by atoms with van der Waals surface area (Å²) in [6.45, 7) is 6.20. The van der Waals surface area contributed by atoms with Gasteiger partial charge in [-0.1, -0.05) is 32.9 Å². The van der Waals surface area contributed by atoms with Gasteiger partial charge in [-0.25, -0.2) is 9.97 Å². The lowest BCUT2D eigenvalue weighted by molar-refractivity contribution is 0.0909. The number of nitrogens with two attached hydrogens (primary N) is 1. The second-order valence-electron chi connectivity index (χ2n) is 10.2. The van der Waals surface area contributed by atoms with Gasteiger partial charge in [0.1, 0.15) is 14.7 Å². The van der Waals surface area contributed by atoms with Crippen molar-refractivity contribution in [1.29, 1.82) is 0 Å². The van der Waals surface area contributed by atoms with Crippen LogP contribution in [0.4, 0.5) is 11.4 Å². The fourth-order valence-electron chi connectivity index (χ4n) is 5.18. The molecule has 8 heteroatoms. The molecule has 186 valence electrons. The van der Waals surface area contributed by atoms with Crippen LogP contribution >= 0.6 is 22.7 Å². The average molecular weight is 527 g/mol. The predicted molar refractivity (Wildman–Crippen MR) is 153 cm³/mol. The predicted octanol–water partition coefficient (Wildman–Crippen LogP) is 7.13. The average Bonchev–Trinajstić information content (AvgIpc) is 3.43. The Morgan fingerprint density at radius 1 is 1.05 bits per heavy atom. The lowest BCUT2D eigenvalue weighted by atomic mass is 9.74. The molecular formula is C29H26N4O2S2. The molecule has 0 saturated heterocycles. The molecule has 3 N–H and O–H groups in total. The van der Waals surface area contributed by atoms with Gasteiger partial charge in [-0.05, 0) is 60.2 Å². The number of carbonyl (C=O) groups excluding carboxylic acids is 2. The number of thiazole rings is 1. The molecule has 0 aliphatic heterocycles. The monoisotopic (exact) mass is 526 g/mol. The van der Waals surface area contributed by atoms with E-state index in [1.165, 1.54) is 11.3 Å². The summed E-state index contributed by atoms with van der Waals surface area (Å²) < 4.78 is 1.14. The zero-order valence-corrected chi connectivity index (χ0v) is 22.5. The first kappa shape index (κ1) is 23.8. The smallest absolute Gasteiger partial charge is 0.267 e. The number of anilines is 2. The summed E-state index contributed by atoms with van der Waals surface area (Å²) in [7, 11) is 0. The van der Waals surface area contributed by atoms with Crippen molar-refractivity contribution in [2.45, 2.75) is 40.0 Å². The molecule has 5 aromatic rings. The highest BCUT2D eigenvalue weighted by Crippen LogP contribution is 2.42. The number of pyridine rings is 1. The molecule has 0 saturated carbocycles. The summed E-state index contributed by atoms with van der Waals surface area (Å²) in [4.78, 5) is 37.0. The van der Waals surface area contributed by atoms with Gasteiger partial charge in [0.25, 0.3) is 5.91 Å². The molecule has 0 radical (unpaired) electrons. The fraction of sp³-hybridized carbons (Fsp3) is 0.241. The third kappa shape index (κ3) is 4.10. The molecule has 0 fully saturated rings. The minimum atomic E-state index is -0.278. The van der Waals surface area contributed by atoms with E-state index in [4.69, 9.17) is 15.7 Å². The Labute approximate surface area is 222 Å². The number of nitrogen functional groups attached to an aromatic ring is 1. The SMILES string of the molecule is CCc1c2c(nc3sc(C(=O)Nc4ccc(-c5nc6ccccc6s5)cc4)c(N)c13)CC(C)(C)CC2=O. The van der Waals surface area contributed by atoms with Crippen LogP contribution < -0.4 is 11.1 Å². The number of hydrogen-bond acceptors (Lipinski definition) is 7. The summed E-state index contributed by atoms with van der Waals surface area (Å²) in [6.07, 6.45) is 1.88. The molecule has 0 unspecified atom stereocenters. The van der Waals surface area contributed by atoms with E-state index < -0.39 is 0 Å². The molecule has 1 amide bonds. The van der Waals surface area contributed by atoms with Crippen LogP contribution in [-0.4, -0.2) is 21.7 Å². The maximum atomic E-state index is 13.3. The number of aromatic nitrogens is 2. The van der Waals surface area contributed by atoms with Crippen molar-refractivity contribution in [2.24, 2.45) is 5.41 Å². The van der Waals surface area contributed by atoms with Crippen LogP contribution in [0.3, 0.4) is 0 Å². The number of aryl methyl sites for hydroxylation is 1. The van der Waals surface area contributed by atoms with Gasteiger partial charge in [0, 0.05) is 28.6 Å². The van der Waals surface area contributed by atoms with E-state index in [1.807, 2.05) is 49.4 Å². The number of rotatable bonds is 4. The number of nitrogens with one attached hydrogen (secondary N) is 1. The maximum absolute atomic E-state index is 13.3. The van der Waals surface area contributed by atoms with Crippen LogP contribution in [0.5, 0.6) is 0 Å². The molecule has 3 heterocycles. The van der Waals surface area contributed by atoms with Gasteiger partial charge in [-0.15, -0.1) is 22.7 Å². The summed E-state index contributed by atoms with van der Waals surface area (Å²) in [5, 5.41) is 4.66. The number of ketones is 1. The molecule has 37 heavy (non-hydrogen) atoms. The third-order valence-electron chi connectivity index (χ3n) is 6.86. The van der Waals surface area contributed by atoms with Crippen molar-refractivity contribution in [1.82, 2.24) is 9.97 Å². The van der Waals surface area contributed by atoms with E-state index >= 15 is 0 Å². The Balaban J connectivity index is 1.31. The summed E-state index contributed by atoms with van der Waals surface area (Å²) in [6, 6.07) is 15.7. The number of carbonyl (C=O) groups is 2. The van der Waals surface area contributed by atoms with E-state index in [2.05, 4.69) is 25.2 Å². The standard InChI is InChI=1S/C29H26N4O2S2/c1-4-17-22-19(13-29(2,3)14-20(22)34)33-28-23(17)24(30)25(37-28)26(35)31-16-11-9-15(10-12-16)27-32-18-7-5-6-8-21(18)36-27/h5-12H,4,13-14,30H2,1-3H3,(H,31,35). The summed E-state index contributed by atoms with van der Waals surface area (Å²) >= 11 is 2.93. The van der Waals surface area contributed by atoms with Crippen molar-refractivity contribution in [3.05, 3.63) is 70.2 Å². The largest absolute Gasteiger partial charge is 0.397 e. The van der Waals surface area contributed by atoms with Gasteiger partial charge in [0.05, 0.1) is 21.6 Å². The Kier molecular flexibility index (Phi) is 5.62. The van der Waals surface area contributed by atoms with Gasteiger partial charge < -0.3 is 11.1 Å². The number of nitrogens with zero attached hydrogens (tertiary/aromatic N) is 2. The molecule has 3 aromatic heterocycles. The van der Waals surface area contributed by atoms with Crippen LogP contribution in [0.1, 0.15) is 58.5 Å². The molecule has 2 aromatic carbocycles. The molecular weight excluding hydrogens is 500 g/mol. The number of hydrogen-bond donors (Lipinski definition) is 2. The summed E-state index contributed by atoms with van der Waals surface area (Å²) in [5.74, 6) is -0.165. The zero-order chi connectivity index (χ0) is 25.9. The number of thiophene rings is 1. The first-order valence-electron chi connectivity index (χ1n) is 12.3. The van der Waals surface area contributed by atoms with Gasteiger partial charge in [-0.3, -0.25) is 9.59 Å². The molecule has 0 spiro atoms. The first-order chi connectivity index (χ1) is 17.7. The maximum Gasteiger partial charge on any atom is 0.267 e. The van der Waals surface area contributed by atoms with Crippen molar-refractivity contribution < 1.29 is 9.59 Å². The molecule has 1 aliphatic carbocycles. The topological polar surface area (TPSA) is 98.0 Å². The normalized spacial score (nSPS) is 14.7. The highest BCUT2D eigenvalue weighted by Gasteiger charge is 2.35. The van der Waals surface area contributed by atoms with Crippen LogP contribution in [0.15, 0.2) is 48.5 Å². The Hall–Kier alpha value is -3.62. The van der Waals surface area contributed by atoms with Crippen LogP contribution in [-0.2, 0) is 12.8 Å². The van der Waals surface area contributed by atoms with Crippen molar-refractivity contribution in [2.75, 3.05) is 11.1 Å².